The Labute approximate surface area is 109 Å². The largest absolute Gasteiger partial charge is 0.381 e. The van der Waals surface area contributed by atoms with Crippen LogP contribution in [0, 0.1) is 0 Å². The summed E-state index contributed by atoms with van der Waals surface area (Å²) in [6.07, 6.45) is 4.54. The molecule has 0 radical (unpaired) electrons. The van der Waals surface area contributed by atoms with Crippen molar-refractivity contribution in [1.82, 2.24) is 5.32 Å². The lowest BCUT2D eigenvalue weighted by atomic mass is 10.1. The third kappa shape index (κ3) is 6.81. The van der Waals surface area contributed by atoms with Gasteiger partial charge in [0.25, 0.3) is 0 Å². The van der Waals surface area contributed by atoms with Crippen molar-refractivity contribution >= 4 is 11.3 Å². The summed E-state index contributed by atoms with van der Waals surface area (Å²) in [4.78, 5) is 1.47. The van der Waals surface area contributed by atoms with Crippen molar-refractivity contribution in [3.05, 3.63) is 22.4 Å². The van der Waals surface area contributed by atoms with E-state index < -0.39 is 0 Å². The number of nitrogens with one attached hydrogen (secondary N) is 1. The summed E-state index contributed by atoms with van der Waals surface area (Å²) < 4.78 is 5.58. The zero-order chi connectivity index (χ0) is 12.3. The summed E-state index contributed by atoms with van der Waals surface area (Å²) in [5.74, 6) is 0. The first kappa shape index (κ1) is 14.7. The molecule has 0 aliphatic rings. The van der Waals surface area contributed by atoms with Crippen LogP contribution in [0.25, 0.3) is 0 Å². The van der Waals surface area contributed by atoms with Gasteiger partial charge in [0, 0.05) is 24.1 Å². The molecule has 0 spiro atoms. The standard InChI is InChI=1S/C14H25NOS/c1-3-8-15-13(7-10-16-9-4-2)12-14-6-5-11-17-14/h5-6,11,13,15H,3-4,7-10,12H2,1-2H3. The molecule has 0 fully saturated rings. The zero-order valence-electron chi connectivity index (χ0n) is 11.1. The molecule has 0 aliphatic heterocycles. The normalized spacial score (nSPS) is 12.8. The molecule has 17 heavy (non-hydrogen) atoms. The molecular formula is C14H25NOS. The fraction of sp³-hybridized carbons (Fsp3) is 0.714. The van der Waals surface area contributed by atoms with Gasteiger partial charge >= 0.3 is 0 Å². The molecule has 0 saturated carbocycles. The van der Waals surface area contributed by atoms with Crippen LogP contribution in [0.1, 0.15) is 38.0 Å². The smallest absolute Gasteiger partial charge is 0.0480 e. The van der Waals surface area contributed by atoms with Crippen molar-refractivity contribution in [3.63, 3.8) is 0 Å². The van der Waals surface area contributed by atoms with Crippen molar-refractivity contribution in [2.75, 3.05) is 19.8 Å². The lowest BCUT2D eigenvalue weighted by molar-refractivity contribution is 0.124. The molecule has 1 unspecified atom stereocenters. The lowest BCUT2D eigenvalue weighted by Crippen LogP contribution is -2.32. The van der Waals surface area contributed by atoms with Crippen molar-refractivity contribution in [1.29, 1.82) is 0 Å². The Bertz CT molecular complexity index is 261. The van der Waals surface area contributed by atoms with Crippen LogP contribution in [-0.2, 0) is 11.2 Å². The molecule has 3 heteroatoms. The minimum atomic E-state index is 0.561. The highest BCUT2D eigenvalue weighted by Gasteiger charge is 2.09. The van der Waals surface area contributed by atoms with Crippen LogP contribution in [0.4, 0.5) is 0 Å². The van der Waals surface area contributed by atoms with Gasteiger partial charge in [-0.3, -0.25) is 0 Å². The van der Waals surface area contributed by atoms with E-state index in [1.807, 2.05) is 11.3 Å². The van der Waals surface area contributed by atoms with Crippen LogP contribution in [0.5, 0.6) is 0 Å². The van der Waals surface area contributed by atoms with E-state index in [1.165, 1.54) is 11.3 Å². The minimum absolute atomic E-state index is 0.561. The Morgan fingerprint density at radius 1 is 1.29 bits per heavy atom. The molecule has 1 atom stereocenters. The highest BCUT2D eigenvalue weighted by atomic mass is 32.1. The first-order chi connectivity index (χ1) is 8.36. The maximum absolute atomic E-state index is 5.58. The third-order valence-corrected chi connectivity index (χ3v) is 3.57. The predicted molar refractivity (Wildman–Crippen MR) is 75.8 cm³/mol. The van der Waals surface area contributed by atoms with E-state index in [9.17, 15) is 0 Å². The van der Waals surface area contributed by atoms with Gasteiger partial charge in [0.15, 0.2) is 0 Å². The minimum Gasteiger partial charge on any atom is -0.381 e. The average Bonchev–Trinajstić information content (AvgIpc) is 2.84. The predicted octanol–water partition coefficient (Wildman–Crippen LogP) is 3.48. The Hall–Kier alpha value is -0.380. The van der Waals surface area contributed by atoms with Crippen LogP contribution in [0.15, 0.2) is 17.5 Å². The molecular weight excluding hydrogens is 230 g/mol. The van der Waals surface area contributed by atoms with E-state index in [4.69, 9.17) is 4.74 Å². The fourth-order valence-corrected chi connectivity index (χ4v) is 2.55. The third-order valence-electron chi connectivity index (χ3n) is 2.67. The van der Waals surface area contributed by atoms with Crippen molar-refractivity contribution in [2.45, 2.75) is 45.6 Å². The summed E-state index contributed by atoms with van der Waals surface area (Å²) in [5.41, 5.74) is 0. The van der Waals surface area contributed by atoms with Crippen LogP contribution < -0.4 is 5.32 Å². The quantitative estimate of drug-likeness (QED) is 0.646. The Morgan fingerprint density at radius 2 is 2.18 bits per heavy atom. The summed E-state index contributed by atoms with van der Waals surface area (Å²) in [5, 5.41) is 5.76. The SMILES string of the molecule is CCCNC(CCOCCC)Cc1cccs1. The van der Waals surface area contributed by atoms with Crippen LogP contribution in [0.3, 0.4) is 0 Å². The molecule has 1 heterocycles. The molecule has 1 aromatic heterocycles. The molecule has 0 amide bonds. The summed E-state index contributed by atoms with van der Waals surface area (Å²) in [7, 11) is 0. The average molecular weight is 255 g/mol. The molecule has 1 rings (SSSR count). The summed E-state index contributed by atoms with van der Waals surface area (Å²) in [6, 6.07) is 4.91. The first-order valence-electron chi connectivity index (χ1n) is 6.70. The Morgan fingerprint density at radius 3 is 2.82 bits per heavy atom. The second-order valence-corrected chi connectivity index (χ2v) is 5.37. The highest BCUT2D eigenvalue weighted by Crippen LogP contribution is 2.12. The first-order valence-corrected chi connectivity index (χ1v) is 7.58. The topological polar surface area (TPSA) is 21.3 Å². The molecule has 98 valence electrons. The molecule has 0 bridgehead atoms. The number of rotatable bonds is 10. The van der Waals surface area contributed by atoms with Gasteiger partial charge in [-0.2, -0.15) is 0 Å². The van der Waals surface area contributed by atoms with Gasteiger partial charge in [0.2, 0.25) is 0 Å². The molecule has 1 aromatic rings. The monoisotopic (exact) mass is 255 g/mol. The summed E-state index contributed by atoms with van der Waals surface area (Å²) in [6.45, 7) is 7.23. The van der Waals surface area contributed by atoms with Crippen LogP contribution >= 0.6 is 11.3 Å². The summed E-state index contributed by atoms with van der Waals surface area (Å²) >= 11 is 1.85. The molecule has 2 nitrogen and oxygen atoms in total. The van der Waals surface area contributed by atoms with E-state index in [2.05, 4.69) is 36.7 Å². The van der Waals surface area contributed by atoms with Gasteiger partial charge in [0.05, 0.1) is 0 Å². The van der Waals surface area contributed by atoms with Gasteiger partial charge in [0.1, 0.15) is 0 Å². The van der Waals surface area contributed by atoms with Gasteiger partial charge in [-0.05, 0) is 43.7 Å². The maximum atomic E-state index is 5.58. The Balaban J connectivity index is 2.26. The fourth-order valence-electron chi connectivity index (χ4n) is 1.77. The zero-order valence-corrected chi connectivity index (χ0v) is 11.9. The van der Waals surface area contributed by atoms with E-state index in [0.717, 1.165) is 39.0 Å². The van der Waals surface area contributed by atoms with Crippen LogP contribution in [-0.4, -0.2) is 25.8 Å². The number of ether oxygens (including phenoxy) is 1. The van der Waals surface area contributed by atoms with Gasteiger partial charge in [-0.15, -0.1) is 11.3 Å². The lowest BCUT2D eigenvalue weighted by Gasteiger charge is -2.17. The van der Waals surface area contributed by atoms with Gasteiger partial charge < -0.3 is 10.1 Å². The molecule has 0 saturated heterocycles. The van der Waals surface area contributed by atoms with E-state index in [0.29, 0.717) is 6.04 Å². The molecule has 1 N–H and O–H groups in total. The van der Waals surface area contributed by atoms with E-state index in [-0.39, 0.29) is 0 Å². The maximum Gasteiger partial charge on any atom is 0.0480 e. The van der Waals surface area contributed by atoms with E-state index >= 15 is 0 Å². The number of hydrogen-bond acceptors (Lipinski definition) is 3. The molecule has 0 aliphatic carbocycles. The van der Waals surface area contributed by atoms with Crippen molar-refractivity contribution in [3.8, 4) is 0 Å². The van der Waals surface area contributed by atoms with Crippen molar-refractivity contribution < 1.29 is 4.74 Å². The molecule has 0 aromatic carbocycles. The van der Waals surface area contributed by atoms with Crippen LogP contribution in [0.2, 0.25) is 0 Å². The number of hydrogen-bond donors (Lipinski definition) is 1. The second-order valence-electron chi connectivity index (χ2n) is 4.34. The number of thiophene rings is 1. The second kappa shape index (κ2) is 9.63. The van der Waals surface area contributed by atoms with Gasteiger partial charge in [-0.1, -0.05) is 19.9 Å². The van der Waals surface area contributed by atoms with E-state index in [1.54, 1.807) is 0 Å². The van der Waals surface area contributed by atoms with Crippen molar-refractivity contribution in [2.24, 2.45) is 0 Å². The Kier molecular flexibility index (Phi) is 8.32. The van der Waals surface area contributed by atoms with Gasteiger partial charge in [-0.25, -0.2) is 0 Å². The highest BCUT2D eigenvalue weighted by molar-refractivity contribution is 7.09.